The fraction of sp³-hybridized carbons (Fsp3) is 0.286. The molecule has 0 aliphatic rings. The van der Waals surface area contributed by atoms with Gasteiger partial charge in [-0.25, -0.2) is 4.79 Å². The van der Waals surface area contributed by atoms with Gasteiger partial charge in [0.2, 0.25) is 0 Å². The van der Waals surface area contributed by atoms with Crippen LogP contribution in [0.3, 0.4) is 0 Å². The maximum atomic E-state index is 12.2. The van der Waals surface area contributed by atoms with Crippen LogP contribution in [-0.4, -0.2) is 22.9 Å². The number of carbonyl (C=O) groups excluding carboxylic acids is 2. The lowest BCUT2D eigenvalue weighted by Gasteiger charge is -2.09. The molecule has 0 saturated carbocycles. The van der Waals surface area contributed by atoms with Crippen LogP contribution in [0.1, 0.15) is 42.1 Å². The second-order valence-electron chi connectivity index (χ2n) is 6.44. The standard InChI is InChI=1S/C21H21NO5/c1-3-14(2)15-8-10-16(11-9-15)18(23)13-26-20(24)12-22-17-6-4-5-7-19(17)27-21(22)25/h4-11,14H,3,12-13H2,1-2H3/t14-/m1/s1. The van der Waals surface area contributed by atoms with Crippen LogP contribution in [0.2, 0.25) is 0 Å². The summed E-state index contributed by atoms with van der Waals surface area (Å²) in [4.78, 5) is 36.1. The fourth-order valence-corrected chi connectivity index (χ4v) is 2.80. The number of ketones is 1. The summed E-state index contributed by atoms with van der Waals surface area (Å²) >= 11 is 0. The van der Waals surface area contributed by atoms with Crippen molar-refractivity contribution >= 4 is 22.9 Å². The second kappa shape index (κ2) is 8.03. The number of Topliss-reactive ketones (excluding diaryl/α,β-unsaturated/α-hetero) is 1. The summed E-state index contributed by atoms with van der Waals surface area (Å²) < 4.78 is 11.3. The Balaban J connectivity index is 1.61. The minimum atomic E-state index is -0.673. The van der Waals surface area contributed by atoms with Crippen LogP contribution in [-0.2, 0) is 16.1 Å². The van der Waals surface area contributed by atoms with Gasteiger partial charge in [-0.2, -0.15) is 0 Å². The van der Waals surface area contributed by atoms with Crippen LogP contribution >= 0.6 is 0 Å². The van der Waals surface area contributed by atoms with Crippen LogP contribution < -0.4 is 5.76 Å². The molecule has 1 atom stereocenters. The van der Waals surface area contributed by atoms with E-state index in [1.54, 1.807) is 36.4 Å². The lowest BCUT2D eigenvalue weighted by atomic mass is 9.97. The number of nitrogens with zero attached hydrogens (tertiary/aromatic N) is 1. The molecule has 0 saturated heterocycles. The molecular formula is C21H21NO5. The maximum Gasteiger partial charge on any atom is 0.420 e. The number of rotatable bonds is 7. The average molecular weight is 367 g/mol. The van der Waals surface area contributed by atoms with E-state index < -0.39 is 11.7 Å². The Morgan fingerprint density at radius 2 is 1.81 bits per heavy atom. The molecule has 0 amide bonds. The Bertz CT molecular complexity index is 1010. The fourth-order valence-electron chi connectivity index (χ4n) is 2.80. The molecule has 0 unspecified atom stereocenters. The van der Waals surface area contributed by atoms with Crippen molar-refractivity contribution in [1.82, 2.24) is 4.57 Å². The van der Waals surface area contributed by atoms with Gasteiger partial charge in [-0.1, -0.05) is 50.2 Å². The van der Waals surface area contributed by atoms with E-state index in [1.807, 2.05) is 12.1 Å². The number of ether oxygens (including phenoxy) is 1. The Labute approximate surface area is 156 Å². The molecule has 0 radical (unpaired) electrons. The number of hydrogen-bond donors (Lipinski definition) is 0. The van der Waals surface area contributed by atoms with Gasteiger partial charge in [-0.15, -0.1) is 0 Å². The minimum absolute atomic E-state index is 0.288. The molecule has 1 aromatic heterocycles. The average Bonchev–Trinajstić information content (AvgIpc) is 3.01. The number of esters is 1. The SMILES string of the molecule is CC[C@@H](C)c1ccc(C(=O)COC(=O)Cn2c(=O)oc3ccccc32)cc1. The van der Waals surface area contributed by atoms with Crippen LogP contribution in [0.15, 0.2) is 57.7 Å². The lowest BCUT2D eigenvalue weighted by molar-refractivity contribution is -0.143. The molecule has 0 spiro atoms. The first-order valence-electron chi connectivity index (χ1n) is 8.86. The van der Waals surface area contributed by atoms with E-state index in [0.717, 1.165) is 12.0 Å². The summed E-state index contributed by atoms with van der Waals surface area (Å²) in [5.74, 6) is -1.17. The van der Waals surface area contributed by atoms with Crippen molar-refractivity contribution in [1.29, 1.82) is 0 Å². The smallest absolute Gasteiger partial charge is 0.420 e. The number of aromatic nitrogens is 1. The molecular weight excluding hydrogens is 346 g/mol. The van der Waals surface area contributed by atoms with Gasteiger partial charge < -0.3 is 9.15 Å². The Morgan fingerprint density at radius 1 is 1.11 bits per heavy atom. The largest absolute Gasteiger partial charge is 0.456 e. The summed E-state index contributed by atoms with van der Waals surface area (Å²) in [6, 6.07) is 14.1. The van der Waals surface area contributed by atoms with Gasteiger partial charge in [0.25, 0.3) is 0 Å². The molecule has 140 valence electrons. The minimum Gasteiger partial charge on any atom is -0.456 e. The zero-order valence-corrected chi connectivity index (χ0v) is 15.3. The van der Waals surface area contributed by atoms with E-state index in [2.05, 4.69) is 13.8 Å². The molecule has 0 bridgehead atoms. The zero-order valence-electron chi connectivity index (χ0n) is 15.3. The maximum absolute atomic E-state index is 12.2. The Hall–Kier alpha value is -3.15. The molecule has 0 fully saturated rings. The van der Waals surface area contributed by atoms with Gasteiger partial charge in [-0.05, 0) is 30.0 Å². The number of carbonyl (C=O) groups is 2. The Morgan fingerprint density at radius 3 is 2.52 bits per heavy atom. The summed E-state index contributed by atoms with van der Waals surface area (Å²) in [7, 11) is 0. The summed E-state index contributed by atoms with van der Waals surface area (Å²) in [6.45, 7) is 3.56. The van der Waals surface area contributed by atoms with Crippen LogP contribution in [0.5, 0.6) is 0 Å². The third-order valence-electron chi connectivity index (χ3n) is 4.64. The van der Waals surface area contributed by atoms with Gasteiger partial charge in [0, 0.05) is 5.56 Å². The first-order chi connectivity index (χ1) is 13.0. The van der Waals surface area contributed by atoms with E-state index >= 15 is 0 Å². The molecule has 3 aromatic rings. The van der Waals surface area contributed by atoms with Crippen LogP contribution in [0.4, 0.5) is 0 Å². The van der Waals surface area contributed by atoms with Gasteiger partial charge in [-0.3, -0.25) is 14.2 Å². The van der Waals surface area contributed by atoms with Gasteiger partial charge >= 0.3 is 11.7 Å². The predicted octanol–water partition coefficient (Wildman–Crippen LogP) is 3.53. The monoisotopic (exact) mass is 367 g/mol. The number of benzene rings is 2. The van der Waals surface area contributed by atoms with Gasteiger partial charge in [0.1, 0.15) is 6.54 Å². The number of hydrogen-bond acceptors (Lipinski definition) is 5. The molecule has 6 heteroatoms. The second-order valence-corrected chi connectivity index (χ2v) is 6.44. The third kappa shape index (κ3) is 4.16. The first kappa shape index (κ1) is 18.6. The van der Waals surface area contributed by atoms with Crippen molar-refractivity contribution in [3.63, 3.8) is 0 Å². The highest BCUT2D eigenvalue weighted by Crippen LogP contribution is 2.19. The molecule has 0 aliphatic carbocycles. The molecule has 27 heavy (non-hydrogen) atoms. The van der Waals surface area contributed by atoms with Gasteiger partial charge in [0.05, 0.1) is 5.52 Å². The van der Waals surface area contributed by atoms with E-state index in [1.165, 1.54) is 4.57 Å². The number of oxazole rings is 1. The third-order valence-corrected chi connectivity index (χ3v) is 4.64. The van der Waals surface area contributed by atoms with Crippen molar-refractivity contribution in [3.8, 4) is 0 Å². The van der Waals surface area contributed by atoms with E-state index in [9.17, 15) is 14.4 Å². The van der Waals surface area contributed by atoms with Gasteiger partial charge in [0.15, 0.2) is 18.0 Å². The summed E-state index contributed by atoms with van der Waals surface area (Å²) in [6.07, 6.45) is 1.02. The highest BCUT2D eigenvalue weighted by Gasteiger charge is 2.15. The highest BCUT2D eigenvalue weighted by atomic mass is 16.5. The van der Waals surface area contributed by atoms with Crippen molar-refractivity contribution in [2.45, 2.75) is 32.7 Å². The van der Waals surface area contributed by atoms with Crippen molar-refractivity contribution in [2.24, 2.45) is 0 Å². The number of fused-ring (bicyclic) bond motifs is 1. The summed E-state index contributed by atoms with van der Waals surface area (Å²) in [5.41, 5.74) is 2.55. The molecule has 6 nitrogen and oxygen atoms in total. The predicted molar refractivity (Wildman–Crippen MR) is 101 cm³/mol. The van der Waals surface area contributed by atoms with E-state index in [-0.39, 0.29) is 18.9 Å². The van der Waals surface area contributed by atoms with Crippen molar-refractivity contribution in [2.75, 3.05) is 6.61 Å². The van der Waals surface area contributed by atoms with Crippen molar-refractivity contribution < 1.29 is 18.7 Å². The highest BCUT2D eigenvalue weighted by molar-refractivity contribution is 5.98. The van der Waals surface area contributed by atoms with E-state index in [0.29, 0.717) is 22.6 Å². The topological polar surface area (TPSA) is 78.5 Å². The van der Waals surface area contributed by atoms with Crippen molar-refractivity contribution in [3.05, 3.63) is 70.2 Å². The molecule has 3 rings (SSSR count). The van der Waals surface area contributed by atoms with E-state index in [4.69, 9.17) is 9.15 Å². The number of para-hydroxylation sites is 2. The molecule has 0 aliphatic heterocycles. The molecule has 0 N–H and O–H groups in total. The Kier molecular flexibility index (Phi) is 5.54. The lowest BCUT2D eigenvalue weighted by Crippen LogP contribution is -2.23. The quantitative estimate of drug-likeness (QED) is 0.471. The van der Waals surface area contributed by atoms with Crippen LogP contribution in [0, 0.1) is 0 Å². The van der Waals surface area contributed by atoms with Crippen LogP contribution in [0.25, 0.3) is 11.1 Å². The normalized spacial score (nSPS) is 12.1. The summed E-state index contributed by atoms with van der Waals surface area (Å²) in [5, 5.41) is 0. The molecule has 2 aromatic carbocycles. The zero-order chi connectivity index (χ0) is 19.4. The first-order valence-corrected chi connectivity index (χ1v) is 8.86. The molecule has 1 heterocycles.